The highest BCUT2D eigenvalue weighted by Gasteiger charge is 2.22. The maximum absolute atomic E-state index is 11.4. The first-order valence-corrected chi connectivity index (χ1v) is 4.66. The Labute approximate surface area is 76.9 Å². The number of hydrogen-bond acceptors (Lipinski definition) is 2. The van der Waals surface area contributed by atoms with Gasteiger partial charge in [0.05, 0.1) is 0 Å². The van der Waals surface area contributed by atoms with Gasteiger partial charge in [0.25, 0.3) is 5.56 Å². The Hall–Kier alpha value is -1.03. The van der Waals surface area contributed by atoms with Crippen molar-refractivity contribution in [3.8, 4) is 0 Å². The fourth-order valence-electron chi connectivity index (χ4n) is 2.06. The van der Waals surface area contributed by atoms with E-state index in [1.807, 2.05) is 18.8 Å². The molecule has 72 valence electrons. The summed E-state index contributed by atoms with van der Waals surface area (Å²) in [5, 5.41) is 6.02. The molecule has 4 nitrogen and oxygen atoms in total. The van der Waals surface area contributed by atoms with Crippen molar-refractivity contribution in [2.45, 2.75) is 25.3 Å². The van der Waals surface area contributed by atoms with Crippen LogP contribution in [0.1, 0.15) is 17.7 Å². The van der Waals surface area contributed by atoms with Crippen molar-refractivity contribution in [1.82, 2.24) is 15.1 Å². The van der Waals surface area contributed by atoms with Gasteiger partial charge in [-0.3, -0.25) is 14.6 Å². The molecule has 0 saturated carbocycles. The molecule has 1 atom stereocenters. The summed E-state index contributed by atoms with van der Waals surface area (Å²) < 4.78 is 1.85. The van der Waals surface area contributed by atoms with Crippen molar-refractivity contribution in [2.75, 3.05) is 7.05 Å². The minimum absolute atomic E-state index is 0.0810. The summed E-state index contributed by atoms with van der Waals surface area (Å²) >= 11 is 0. The largest absolute Gasteiger partial charge is 0.317 e. The molecule has 0 saturated heterocycles. The van der Waals surface area contributed by atoms with Crippen molar-refractivity contribution < 1.29 is 0 Å². The summed E-state index contributed by atoms with van der Waals surface area (Å²) in [5.41, 5.74) is 2.22. The Balaban J connectivity index is 2.39. The molecule has 1 unspecified atom stereocenters. The average molecular weight is 181 g/mol. The first-order chi connectivity index (χ1) is 6.22. The van der Waals surface area contributed by atoms with E-state index in [0.29, 0.717) is 6.04 Å². The number of nitrogens with one attached hydrogen (secondary N) is 2. The molecule has 0 radical (unpaired) electrons. The van der Waals surface area contributed by atoms with Crippen LogP contribution in [-0.2, 0) is 19.9 Å². The molecule has 0 spiro atoms. The van der Waals surface area contributed by atoms with Crippen LogP contribution >= 0.6 is 0 Å². The molecule has 0 aromatic carbocycles. The average Bonchev–Trinajstić information content (AvgIpc) is 2.42. The van der Waals surface area contributed by atoms with Crippen molar-refractivity contribution in [3.63, 3.8) is 0 Å². The first-order valence-electron chi connectivity index (χ1n) is 4.66. The lowest BCUT2D eigenvalue weighted by atomic mass is 9.93. The van der Waals surface area contributed by atoms with Crippen LogP contribution in [0.4, 0.5) is 0 Å². The van der Waals surface area contributed by atoms with Gasteiger partial charge in [-0.15, -0.1) is 0 Å². The molecule has 1 aromatic heterocycles. The zero-order valence-electron chi connectivity index (χ0n) is 8.05. The molecule has 4 heteroatoms. The van der Waals surface area contributed by atoms with Crippen LogP contribution in [0.5, 0.6) is 0 Å². The summed E-state index contributed by atoms with van der Waals surface area (Å²) in [6, 6.07) is 0.469. The van der Waals surface area contributed by atoms with E-state index in [4.69, 9.17) is 0 Å². The maximum atomic E-state index is 11.4. The Kier molecular flexibility index (Phi) is 2.00. The second kappa shape index (κ2) is 3.03. The highest BCUT2D eigenvalue weighted by atomic mass is 16.1. The first kappa shape index (κ1) is 8.56. The van der Waals surface area contributed by atoms with E-state index in [-0.39, 0.29) is 5.56 Å². The third-order valence-electron chi connectivity index (χ3n) is 2.88. The number of aromatic nitrogens is 2. The van der Waals surface area contributed by atoms with Crippen molar-refractivity contribution in [3.05, 3.63) is 21.6 Å². The summed E-state index contributed by atoms with van der Waals surface area (Å²) in [6.07, 6.45) is 2.98. The van der Waals surface area contributed by atoms with Gasteiger partial charge in [0.1, 0.15) is 0 Å². The molecule has 0 bridgehead atoms. The van der Waals surface area contributed by atoms with E-state index in [2.05, 4.69) is 10.4 Å². The maximum Gasteiger partial charge on any atom is 0.267 e. The second-order valence-electron chi connectivity index (χ2n) is 3.65. The van der Waals surface area contributed by atoms with Crippen LogP contribution < -0.4 is 10.9 Å². The van der Waals surface area contributed by atoms with Gasteiger partial charge in [-0.05, 0) is 26.3 Å². The minimum Gasteiger partial charge on any atom is -0.317 e. The number of fused-ring (bicyclic) bond motifs is 1. The van der Waals surface area contributed by atoms with Crippen molar-refractivity contribution >= 4 is 0 Å². The van der Waals surface area contributed by atoms with E-state index >= 15 is 0 Å². The third kappa shape index (κ3) is 1.31. The van der Waals surface area contributed by atoms with Crippen LogP contribution in [-0.4, -0.2) is 22.9 Å². The zero-order valence-corrected chi connectivity index (χ0v) is 8.05. The molecule has 1 aliphatic carbocycles. The molecule has 1 aliphatic rings. The zero-order chi connectivity index (χ0) is 9.42. The van der Waals surface area contributed by atoms with Crippen LogP contribution in [0.3, 0.4) is 0 Å². The third-order valence-corrected chi connectivity index (χ3v) is 2.88. The smallest absolute Gasteiger partial charge is 0.267 e. The number of rotatable bonds is 1. The predicted octanol–water partition coefficient (Wildman–Crippen LogP) is -0.210. The summed E-state index contributed by atoms with van der Waals surface area (Å²) in [5.74, 6) is 0. The van der Waals surface area contributed by atoms with Gasteiger partial charge >= 0.3 is 0 Å². The number of aryl methyl sites for hydroxylation is 1. The van der Waals surface area contributed by atoms with Crippen LogP contribution in [0.2, 0.25) is 0 Å². The second-order valence-corrected chi connectivity index (χ2v) is 3.65. The molecule has 0 aliphatic heterocycles. The van der Waals surface area contributed by atoms with E-state index in [9.17, 15) is 4.79 Å². The molecule has 2 N–H and O–H groups in total. The topological polar surface area (TPSA) is 49.8 Å². The number of likely N-dealkylation sites (N-methyl/N-ethyl adjacent to an activating group) is 1. The summed E-state index contributed by atoms with van der Waals surface area (Å²) in [6.45, 7) is 0. The highest BCUT2D eigenvalue weighted by Crippen LogP contribution is 2.17. The van der Waals surface area contributed by atoms with E-state index in [1.54, 1.807) is 0 Å². The lowest BCUT2D eigenvalue weighted by molar-refractivity contribution is 0.484. The molecule has 1 heterocycles. The minimum atomic E-state index is 0.0810. The molecule has 0 amide bonds. The normalized spacial score (nSPS) is 21.5. The Morgan fingerprint density at radius 2 is 2.38 bits per heavy atom. The highest BCUT2D eigenvalue weighted by molar-refractivity contribution is 5.22. The van der Waals surface area contributed by atoms with Crippen LogP contribution in [0.25, 0.3) is 0 Å². The van der Waals surface area contributed by atoms with Crippen LogP contribution in [0.15, 0.2) is 4.79 Å². The molecule has 1 aromatic rings. The van der Waals surface area contributed by atoms with E-state index < -0.39 is 0 Å². The van der Waals surface area contributed by atoms with E-state index in [1.165, 1.54) is 5.69 Å². The predicted molar refractivity (Wildman–Crippen MR) is 50.9 cm³/mol. The number of aromatic amines is 1. The number of H-pyrrole nitrogens is 1. The summed E-state index contributed by atoms with van der Waals surface area (Å²) in [4.78, 5) is 11.4. The molecule has 0 fully saturated rings. The Morgan fingerprint density at radius 3 is 3.08 bits per heavy atom. The van der Waals surface area contributed by atoms with Gasteiger partial charge in [-0.2, -0.15) is 0 Å². The monoisotopic (exact) mass is 181 g/mol. The fourth-order valence-corrected chi connectivity index (χ4v) is 2.06. The quantitative estimate of drug-likeness (QED) is 0.630. The van der Waals surface area contributed by atoms with Gasteiger partial charge < -0.3 is 5.32 Å². The fraction of sp³-hybridized carbons (Fsp3) is 0.667. The van der Waals surface area contributed by atoms with Gasteiger partial charge in [0.2, 0.25) is 0 Å². The molecular formula is C9H15N3O. The summed E-state index contributed by atoms with van der Waals surface area (Å²) in [7, 11) is 3.85. The molecular weight excluding hydrogens is 166 g/mol. The van der Waals surface area contributed by atoms with Gasteiger partial charge in [0.15, 0.2) is 0 Å². The van der Waals surface area contributed by atoms with Crippen LogP contribution in [0, 0.1) is 0 Å². The molecule has 2 rings (SSSR count). The van der Waals surface area contributed by atoms with Gasteiger partial charge in [0, 0.05) is 24.3 Å². The SMILES string of the molecule is CNC1CCc2c(c(=O)[nH]n2C)C1. The number of hydrogen-bond donors (Lipinski definition) is 2. The van der Waals surface area contributed by atoms with E-state index in [0.717, 1.165) is 24.8 Å². The Bertz CT molecular complexity index is 363. The van der Waals surface area contributed by atoms with Crippen molar-refractivity contribution in [1.29, 1.82) is 0 Å². The lowest BCUT2D eigenvalue weighted by Gasteiger charge is -2.21. The standard InChI is InChI=1S/C9H15N3O/c1-10-6-3-4-8-7(5-6)9(13)11-12(8)2/h6,10H,3-5H2,1-2H3,(H,11,13). The van der Waals surface area contributed by atoms with Gasteiger partial charge in [-0.1, -0.05) is 0 Å². The Morgan fingerprint density at radius 1 is 1.62 bits per heavy atom. The van der Waals surface area contributed by atoms with Gasteiger partial charge in [-0.25, -0.2) is 0 Å². The molecule has 13 heavy (non-hydrogen) atoms. The van der Waals surface area contributed by atoms with Crippen molar-refractivity contribution in [2.24, 2.45) is 7.05 Å². The lowest BCUT2D eigenvalue weighted by Crippen LogP contribution is -2.33. The number of nitrogens with zero attached hydrogens (tertiary/aromatic N) is 1.